The third-order valence-corrected chi connectivity index (χ3v) is 3.14. The molecule has 1 unspecified atom stereocenters. The van der Waals surface area contributed by atoms with Crippen LogP contribution in [0.1, 0.15) is 27.2 Å². The number of hydrogen-bond acceptors (Lipinski definition) is 7. The Hall–Kier alpha value is -1.63. The minimum Gasteiger partial charge on any atom is -0.378 e. The summed E-state index contributed by atoms with van der Waals surface area (Å²) in [7, 11) is 0. The van der Waals surface area contributed by atoms with E-state index in [9.17, 15) is 0 Å². The number of anilines is 3. The zero-order chi connectivity index (χ0) is 14.5. The Labute approximate surface area is 119 Å². The van der Waals surface area contributed by atoms with Crippen molar-refractivity contribution in [2.24, 2.45) is 5.92 Å². The Balaban J connectivity index is 2.07. The van der Waals surface area contributed by atoms with Gasteiger partial charge in [0.05, 0.1) is 13.2 Å². The summed E-state index contributed by atoms with van der Waals surface area (Å²) in [4.78, 5) is 14.9. The lowest BCUT2D eigenvalue weighted by molar-refractivity contribution is 0.122. The number of morpholine rings is 1. The molecule has 7 heteroatoms. The summed E-state index contributed by atoms with van der Waals surface area (Å²) in [5, 5.41) is 3.29. The van der Waals surface area contributed by atoms with Crippen LogP contribution in [-0.4, -0.2) is 47.3 Å². The molecule has 1 aromatic heterocycles. The number of ether oxygens (including phenoxy) is 1. The van der Waals surface area contributed by atoms with E-state index in [1.807, 2.05) is 0 Å². The highest BCUT2D eigenvalue weighted by Gasteiger charge is 2.16. The van der Waals surface area contributed by atoms with Crippen LogP contribution in [0, 0.1) is 5.92 Å². The highest BCUT2D eigenvalue weighted by atomic mass is 16.5. The standard InChI is InChI=1S/C13H24N6O/c1-9(2)8-10(3)15-12-16-11(14)17-13(18-12)19-4-6-20-7-5-19/h9-10H,4-8H2,1-3H3,(H3,14,15,16,17,18). The van der Waals surface area contributed by atoms with Crippen molar-refractivity contribution in [3.05, 3.63) is 0 Å². The Morgan fingerprint density at radius 2 is 1.90 bits per heavy atom. The zero-order valence-corrected chi connectivity index (χ0v) is 12.5. The predicted octanol–water partition coefficient (Wildman–Crippen LogP) is 1.14. The van der Waals surface area contributed by atoms with Crippen LogP contribution in [0.2, 0.25) is 0 Å². The number of nitrogens with one attached hydrogen (secondary N) is 1. The smallest absolute Gasteiger partial charge is 0.232 e. The summed E-state index contributed by atoms with van der Waals surface area (Å²) in [6, 6.07) is 0.300. The van der Waals surface area contributed by atoms with Crippen molar-refractivity contribution in [2.75, 3.05) is 42.3 Å². The van der Waals surface area contributed by atoms with Gasteiger partial charge in [-0.1, -0.05) is 13.8 Å². The molecule has 7 nitrogen and oxygen atoms in total. The third kappa shape index (κ3) is 4.19. The van der Waals surface area contributed by atoms with Gasteiger partial charge in [-0.05, 0) is 19.3 Å². The van der Waals surface area contributed by atoms with Crippen LogP contribution in [0.3, 0.4) is 0 Å². The molecule has 0 saturated carbocycles. The molecule has 0 spiro atoms. The van der Waals surface area contributed by atoms with Gasteiger partial charge in [0.15, 0.2) is 0 Å². The van der Waals surface area contributed by atoms with Gasteiger partial charge in [-0.3, -0.25) is 0 Å². The summed E-state index contributed by atoms with van der Waals surface area (Å²) in [5.74, 6) is 2.04. The number of nitrogens with two attached hydrogens (primary N) is 1. The molecule has 0 amide bonds. The Morgan fingerprint density at radius 1 is 1.20 bits per heavy atom. The van der Waals surface area contributed by atoms with Crippen molar-refractivity contribution >= 4 is 17.8 Å². The number of nitrogens with zero attached hydrogens (tertiary/aromatic N) is 4. The molecule has 3 N–H and O–H groups in total. The molecule has 1 aliphatic rings. The molecular formula is C13H24N6O. The number of rotatable bonds is 5. The van der Waals surface area contributed by atoms with Crippen molar-refractivity contribution in [3.8, 4) is 0 Å². The summed E-state index contributed by atoms with van der Waals surface area (Å²) in [5.41, 5.74) is 5.78. The minimum absolute atomic E-state index is 0.251. The fourth-order valence-corrected chi connectivity index (χ4v) is 2.34. The first-order valence-corrected chi connectivity index (χ1v) is 7.15. The SMILES string of the molecule is CC(C)CC(C)Nc1nc(N)nc(N2CCOCC2)n1. The quantitative estimate of drug-likeness (QED) is 0.835. The lowest BCUT2D eigenvalue weighted by Gasteiger charge is -2.27. The average Bonchev–Trinajstić information content (AvgIpc) is 2.38. The summed E-state index contributed by atoms with van der Waals surface area (Å²) < 4.78 is 5.33. The highest BCUT2D eigenvalue weighted by Crippen LogP contribution is 2.15. The molecule has 1 aromatic rings. The van der Waals surface area contributed by atoms with Gasteiger partial charge in [0, 0.05) is 19.1 Å². The maximum absolute atomic E-state index is 5.78. The van der Waals surface area contributed by atoms with Crippen molar-refractivity contribution < 1.29 is 4.74 Å². The fourth-order valence-electron chi connectivity index (χ4n) is 2.34. The second-order valence-electron chi connectivity index (χ2n) is 5.59. The van der Waals surface area contributed by atoms with E-state index < -0.39 is 0 Å². The van der Waals surface area contributed by atoms with Crippen molar-refractivity contribution in [2.45, 2.75) is 33.2 Å². The van der Waals surface area contributed by atoms with E-state index in [-0.39, 0.29) is 5.95 Å². The van der Waals surface area contributed by atoms with E-state index in [0.29, 0.717) is 37.1 Å². The largest absolute Gasteiger partial charge is 0.378 e. The fraction of sp³-hybridized carbons (Fsp3) is 0.769. The van der Waals surface area contributed by atoms with Gasteiger partial charge in [0.1, 0.15) is 0 Å². The molecule has 0 radical (unpaired) electrons. The third-order valence-electron chi connectivity index (χ3n) is 3.14. The molecule has 1 atom stereocenters. The van der Waals surface area contributed by atoms with Crippen molar-refractivity contribution in [1.82, 2.24) is 15.0 Å². The Kier molecular flexibility index (Phi) is 4.94. The Bertz CT molecular complexity index is 433. The summed E-state index contributed by atoms with van der Waals surface area (Å²) in [6.07, 6.45) is 1.05. The molecule has 1 saturated heterocycles. The molecule has 0 aliphatic carbocycles. The molecule has 112 valence electrons. The van der Waals surface area contributed by atoms with Crippen LogP contribution in [0.4, 0.5) is 17.8 Å². The molecular weight excluding hydrogens is 256 g/mol. The van der Waals surface area contributed by atoms with Gasteiger partial charge in [-0.2, -0.15) is 15.0 Å². The van der Waals surface area contributed by atoms with Gasteiger partial charge in [-0.15, -0.1) is 0 Å². The molecule has 20 heavy (non-hydrogen) atoms. The molecule has 2 heterocycles. The van der Waals surface area contributed by atoms with Gasteiger partial charge < -0.3 is 20.7 Å². The first-order valence-electron chi connectivity index (χ1n) is 7.15. The van der Waals surface area contributed by atoms with Crippen LogP contribution in [0.25, 0.3) is 0 Å². The monoisotopic (exact) mass is 280 g/mol. The van der Waals surface area contributed by atoms with Gasteiger partial charge in [0.2, 0.25) is 17.8 Å². The van der Waals surface area contributed by atoms with Crippen LogP contribution in [0.5, 0.6) is 0 Å². The maximum atomic E-state index is 5.78. The Morgan fingerprint density at radius 3 is 2.55 bits per heavy atom. The molecule has 2 rings (SSSR count). The molecule has 0 aromatic carbocycles. The van der Waals surface area contributed by atoms with E-state index in [4.69, 9.17) is 10.5 Å². The average molecular weight is 280 g/mol. The second kappa shape index (κ2) is 6.69. The summed E-state index contributed by atoms with van der Waals surface area (Å²) in [6.45, 7) is 9.46. The van der Waals surface area contributed by atoms with Crippen LogP contribution < -0.4 is 16.0 Å². The molecule has 1 fully saturated rings. The molecule has 0 bridgehead atoms. The highest BCUT2D eigenvalue weighted by molar-refractivity contribution is 5.42. The van der Waals surface area contributed by atoms with Crippen LogP contribution in [-0.2, 0) is 4.74 Å². The normalized spacial score (nSPS) is 17.3. The van der Waals surface area contributed by atoms with Crippen LogP contribution in [0.15, 0.2) is 0 Å². The summed E-state index contributed by atoms with van der Waals surface area (Å²) >= 11 is 0. The lowest BCUT2D eigenvalue weighted by Crippen LogP contribution is -2.37. The number of aromatic nitrogens is 3. The van der Waals surface area contributed by atoms with E-state index in [1.165, 1.54) is 0 Å². The number of nitrogen functional groups attached to an aromatic ring is 1. The number of hydrogen-bond donors (Lipinski definition) is 2. The zero-order valence-electron chi connectivity index (χ0n) is 12.5. The van der Waals surface area contributed by atoms with Crippen LogP contribution >= 0.6 is 0 Å². The predicted molar refractivity (Wildman–Crippen MR) is 79.8 cm³/mol. The second-order valence-corrected chi connectivity index (χ2v) is 5.59. The van der Waals surface area contributed by atoms with E-state index in [2.05, 4.69) is 45.9 Å². The van der Waals surface area contributed by atoms with E-state index >= 15 is 0 Å². The van der Waals surface area contributed by atoms with Gasteiger partial charge in [-0.25, -0.2) is 0 Å². The van der Waals surface area contributed by atoms with Crippen molar-refractivity contribution in [3.63, 3.8) is 0 Å². The van der Waals surface area contributed by atoms with Gasteiger partial charge in [0.25, 0.3) is 0 Å². The van der Waals surface area contributed by atoms with E-state index in [0.717, 1.165) is 19.5 Å². The first-order chi connectivity index (χ1) is 9.54. The topological polar surface area (TPSA) is 89.2 Å². The molecule has 1 aliphatic heterocycles. The van der Waals surface area contributed by atoms with Gasteiger partial charge >= 0.3 is 0 Å². The maximum Gasteiger partial charge on any atom is 0.232 e. The minimum atomic E-state index is 0.251. The lowest BCUT2D eigenvalue weighted by atomic mass is 10.1. The van der Waals surface area contributed by atoms with Crippen molar-refractivity contribution in [1.29, 1.82) is 0 Å². The first kappa shape index (κ1) is 14.8. The van der Waals surface area contributed by atoms with E-state index in [1.54, 1.807) is 0 Å².